The highest BCUT2D eigenvalue weighted by atomic mass is 35.5. The van der Waals surface area contributed by atoms with E-state index in [9.17, 15) is 13.2 Å². The van der Waals surface area contributed by atoms with Gasteiger partial charge in [-0.05, 0) is 73.2 Å². The first kappa shape index (κ1) is 25.8. The Morgan fingerprint density at radius 2 is 1.62 bits per heavy atom. The Morgan fingerprint density at radius 3 is 2.24 bits per heavy atom. The second kappa shape index (κ2) is 11.1. The zero-order chi connectivity index (χ0) is 24.9. The third-order valence-corrected chi connectivity index (χ3v) is 8.07. The molecule has 1 N–H and O–H groups in total. The molecular formula is C27H31ClN2O3S. The maximum absolute atomic E-state index is 13.5. The number of nitrogens with zero attached hydrogens (tertiary/aromatic N) is 1. The molecule has 0 aromatic heterocycles. The quantitative estimate of drug-likeness (QED) is 0.418. The molecule has 180 valence electrons. The maximum Gasteiger partial charge on any atom is 0.264 e. The van der Waals surface area contributed by atoms with Gasteiger partial charge in [0.05, 0.1) is 10.6 Å². The Morgan fingerprint density at radius 1 is 0.912 bits per heavy atom. The van der Waals surface area contributed by atoms with Crippen LogP contribution in [0, 0.1) is 13.8 Å². The van der Waals surface area contributed by atoms with Crippen molar-refractivity contribution in [2.24, 2.45) is 0 Å². The number of hydrogen-bond acceptors (Lipinski definition) is 3. The number of hydrogen-bond donors (Lipinski definition) is 1. The summed E-state index contributed by atoms with van der Waals surface area (Å²) in [6, 6.07) is 17.8. The molecule has 0 spiro atoms. The van der Waals surface area contributed by atoms with Crippen LogP contribution >= 0.6 is 11.6 Å². The van der Waals surface area contributed by atoms with Crippen LogP contribution in [0.3, 0.4) is 0 Å². The summed E-state index contributed by atoms with van der Waals surface area (Å²) < 4.78 is 28.2. The first-order chi connectivity index (χ1) is 16.1. The topological polar surface area (TPSA) is 66.5 Å². The minimum Gasteiger partial charge on any atom is -0.350 e. The molecule has 3 rings (SSSR count). The van der Waals surface area contributed by atoms with Crippen LogP contribution in [0.5, 0.6) is 0 Å². The Labute approximate surface area is 207 Å². The number of rotatable bonds is 9. The molecule has 0 atom stereocenters. The van der Waals surface area contributed by atoms with Crippen molar-refractivity contribution in [3.8, 4) is 0 Å². The van der Waals surface area contributed by atoms with Crippen LogP contribution in [0.2, 0.25) is 5.02 Å². The van der Waals surface area contributed by atoms with Crippen molar-refractivity contribution in [1.82, 2.24) is 5.32 Å². The van der Waals surface area contributed by atoms with Gasteiger partial charge < -0.3 is 5.32 Å². The van der Waals surface area contributed by atoms with E-state index in [0.717, 1.165) is 39.4 Å². The van der Waals surface area contributed by atoms with Gasteiger partial charge in [0.1, 0.15) is 6.54 Å². The maximum atomic E-state index is 13.5. The summed E-state index contributed by atoms with van der Waals surface area (Å²) in [5, 5.41) is 3.34. The molecule has 1 amide bonds. The van der Waals surface area contributed by atoms with Crippen LogP contribution in [0.25, 0.3) is 0 Å². The van der Waals surface area contributed by atoms with Crippen molar-refractivity contribution in [3.63, 3.8) is 0 Å². The number of nitrogens with one attached hydrogen (secondary N) is 1. The molecule has 0 radical (unpaired) electrons. The lowest BCUT2D eigenvalue weighted by molar-refractivity contribution is -0.119. The van der Waals surface area contributed by atoms with Gasteiger partial charge in [-0.15, -0.1) is 0 Å². The second-order valence-corrected chi connectivity index (χ2v) is 10.6. The van der Waals surface area contributed by atoms with Crippen LogP contribution in [0.1, 0.15) is 41.7 Å². The molecule has 0 heterocycles. The van der Waals surface area contributed by atoms with Gasteiger partial charge in [0.15, 0.2) is 0 Å². The highest BCUT2D eigenvalue weighted by Gasteiger charge is 2.27. The van der Waals surface area contributed by atoms with Gasteiger partial charge in [0, 0.05) is 11.6 Å². The van der Waals surface area contributed by atoms with Gasteiger partial charge in [0.2, 0.25) is 5.91 Å². The predicted molar refractivity (Wildman–Crippen MR) is 139 cm³/mol. The summed E-state index contributed by atoms with van der Waals surface area (Å²) in [6.45, 7) is 7.87. The SMILES string of the molecule is CCc1ccc(CC)c(CNC(=O)CN(c2ccc(C)c(Cl)c2)S(=O)(=O)c2ccc(C)cc2)c1. The highest BCUT2D eigenvalue weighted by Crippen LogP contribution is 2.28. The van der Waals surface area contributed by atoms with E-state index in [1.54, 1.807) is 42.5 Å². The Hall–Kier alpha value is -2.83. The molecule has 7 heteroatoms. The van der Waals surface area contributed by atoms with Gasteiger partial charge in [-0.3, -0.25) is 9.10 Å². The van der Waals surface area contributed by atoms with Crippen molar-refractivity contribution < 1.29 is 13.2 Å². The summed E-state index contributed by atoms with van der Waals surface area (Å²) in [6.07, 6.45) is 1.76. The molecule has 0 aliphatic carbocycles. The van der Waals surface area contributed by atoms with Crippen LogP contribution in [-0.2, 0) is 34.2 Å². The molecule has 0 unspecified atom stereocenters. The normalized spacial score (nSPS) is 11.3. The summed E-state index contributed by atoms with van der Waals surface area (Å²) in [5.74, 6) is -0.392. The van der Waals surface area contributed by atoms with E-state index >= 15 is 0 Å². The predicted octanol–water partition coefficient (Wildman–Crippen LogP) is 5.59. The van der Waals surface area contributed by atoms with E-state index in [4.69, 9.17) is 11.6 Å². The van der Waals surface area contributed by atoms with Gasteiger partial charge >= 0.3 is 0 Å². The van der Waals surface area contributed by atoms with Crippen molar-refractivity contribution in [2.75, 3.05) is 10.8 Å². The lowest BCUT2D eigenvalue weighted by Crippen LogP contribution is -2.40. The molecule has 0 saturated carbocycles. The zero-order valence-electron chi connectivity index (χ0n) is 20.1. The van der Waals surface area contributed by atoms with Crippen LogP contribution in [-0.4, -0.2) is 20.9 Å². The molecule has 3 aromatic carbocycles. The molecule has 0 fully saturated rings. The third-order valence-electron chi connectivity index (χ3n) is 5.88. The number of carbonyl (C=O) groups is 1. The number of amides is 1. The van der Waals surface area contributed by atoms with E-state index in [0.29, 0.717) is 17.3 Å². The number of halogens is 1. The van der Waals surface area contributed by atoms with Crippen LogP contribution in [0.4, 0.5) is 5.69 Å². The number of benzene rings is 3. The molecule has 0 saturated heterocycles. The average Bonchev–Trinajstić information content (AvgIpc) is 2.83. The lowest BCUT2D eigenvalue weighted by Gasteiger charge is -2.25. The van der Waals surface area contributed by atoms with E-state index in [1.165, 1.54) is 5.56 Å². The van der Waals surface area contributed by atoms with Crippen molar-refractivity contribution >= 4 is 33.2 Å². The minimum absolute atomic E-state index is 0.117. The van der Waals surface area contributed by atoms with Crippen molar-refractivity contribution in [2.45, 2.75) is 52.0 Å². The van der Waals surface area contributed by atoms with Crippen LogP contribution < -0.4 is 9.62 Å². The third kappa shape index (κ3) is 5.99. The highest BCUT2D eigenvalue weighted by molar-refractivity contribution is 7.92. The molecular weight excluding hydrogens is 468 g/mol. The molecule has 5 nitrogen and oxygen atoms in total. The standard InChI is InChI=1S/C27H31ClN2O3S/c1-5-21-10-11-22(6-2)23(15-21)17-29-27(31)18-30(24-12-9-20(4)26(28)16-24)34(32,33)25-13-7-19(3)8-14-25/h7-16H,5-6,17-18H2,1-4H3,(H,29,31). The molecule has 0 bridgehead atoms. The number of sulfonamides is 1. The zero-order valence-corrected chi connectivity index (χ0v) is 21.6. The summed E-state index contributed by atoms with van der Waals surface area (Å²) >= 11 is 6.29. The fourth-order valence-electron chi connectivity index (χ4n) is 3.68. The summed E-state index contributed by atoms with van der Waals surface area (Å²) in [4.78, 5) is 13.1. The average molecular weight is 499 g/mol. The van der Waals surface area contributed by atoms with E-state index in [2.05, 4.69) is 37.4 Å². The molecule has 0 aliphatic rings. The largest absolute Gasteiger partial charge is 0.350 e. The smallest absolute Gasteiger partial charge is 0.264 e. The number of carbonyl (C=O) groups excluding carboxylic acids is 1. The van der Waals surface area contributed by atoms with Gasteiger partial charge in [-0.1, -0.05) is 67.4 Å². The lowest BCUT2D eigenvalue weighted by atomic mass is 10.0. The van der Waals surface area contributed by atoms with Crippen molar-refractivity contribution in [1.29, 1.82) is 0 Å². The Kier molecular flexibility index (Phi) is 8.39. The minimum atomic E-state index is -3.99. The van der Waals surface area contributed by atoms with Gasteiger partial charge in [-0.25, -0.2) is 8.42 Å². The van der Waals surface area contributed by atoms with Gasteiger partial charge in [0.25, 0.3) is 10.0 Å². The first-order valence-electron chi connectivity index (χ1n) is 11.4. The van der Waals surface area contributed by atoms with Gasteiger partial charge in [-0.2, -0.15) is 0 Å². The Balaban J connectivity index is 1.89. The molecule has 0 aliphatic heterocycles. The fraction of sp³-hybridized carbons (Fsp3) is 0.296. The number of anilines is 1. The summed E-state index contributed by atoms with van der Waals surface area (Å²) in [5.41, 5.74) is 5.51. The van der Waals surface area contributed by atoms with Crippen LogP contribution in [0.15, 0.2) is 65.6 Å². The second-order valence-electron chi connectivity index (χ2n) is 8.35. The summed E-state index contributed by atoms with van der Waals surface area (Å²) in [7, 11) is -3.99. The fourth-order valence-corrected chi connectivity index (χ4v) is 5.27. The van der Waals surface area contributed by atoms with E-state index in [-0.39, 0.29) is 11.4 Å². The Bertz CT molecular complexity index is 1270. The first-order valence-corrected chi connectivity index (χ1v) is 13.2. The molecule has 3 aromatic rings. The van der Waals surface area contributed by atoms with E-state index in [1.807, 2.05) is 13.8 Å². The number of aryl methyl sites for hydroxylation is 4. The molecule has 34 heavy (non-hydrogen) atoms. The monoisotopic (exact) mass is 498 g/mol. The van der Waals surface area contributed by atoms with E-state index < -0.39 is 15.9 Å². The van der Waals surface area contributed by atoms with Crippen molar-refractivity contribution in [3.05, 3.63) is 93.5 Å².